The summed E-state index contributed by atoms with van der Waals surface area (Å²) in [6, 6.07) is 0. The Kier molecular flexibility index (Phi) is 6.22. The summed E-state index contributed by atoms with van der Waals surface area (Å²) in [6.07, 6.45) is 2.30. The fourth-order valence-electron chi connectivity index (χ4n) is 2.13. The lowest BCUT2D eigenvalue weighted by Crippen LogP contribution is -2.45. The molecule has 1 rings (SSSR count). The van der Waals surface area contributed by atoms with Gasteiger partial charge < -0.3 is 5.11 Å². The molecule has 1 aliphatic heterocycles. The lowest BCUT2D eigenvalue weighted by Gasteiger charge is -2.31. The Labute approximate surface area is 115 Å². The van der Waals surface area contributed by atoms with Crippen LogP contribution in [0, 0.1) is 11.8 Å². The van der Waals surface area contributed by atoms with Crippen molar-refractivity contribution in [3.63, 3.8) is 0 Å². The summed E-state index contributed by atoms with van der Waals surface area (Å²) >= 11 is 0. The second-order valence-corrected chi connectivity index (χ2v) is 7.28. The summed E-state index contributed by atoms with van der Waals surface area (Å²) in [4.78, 5) is 10.5. The average Bonchev–Trinajstić information content (AvgIpc) is 2.34. The van der Waals surface area contributed by atoms with E-state index in [4.69, 9.17) is 5.11 Å². The molecule has 0 bridgehead atoms. The van der Waals surface area contributed by atoms with Gasteiger partial charge in [0, 0.05) is 26.1 Å². The van der Waals surface area contributed by atoms with E-state index in [0.717, 1.165) is 12.8 Å². The van der Waals surface area contributed by atoms with Crippen LogP contribution in [0.1, 0.15) is 39.5 Å². The Hall–Kier alpha value is -0.660. The number of rotatable bonds is 7. The van der Waals surface area contributed by atoms with E-state index < -0.39 is 16.2 Å². The Bertz CT molecular complexity index is 387. The molecule has 1 aliphatic rings. The molecule has 19 heavy (non-hydrogen) atoms. The monoisotopic (exact) mass is 292 g/mol. The van der Waals surface area contributed by atoms with Crippen molar-refractivity contribution < 1.29 is 18.3 Å². The molecule has 0 aromatic rings. The van der Waals surface area contributed by atoms with Crippen molar-refractivity contribution in [3.05, 3.63) is 0 Å². The molecule has 6 nitrogen and oxygen atoms in total. The predicted molar refractivity (Wildman–Crippen MR) is 72.9 cm³/mol. The van der Waals surface area contributed by atoms with Gasteiger partial charge in [-0.2, -0.15) is 12.7 Å². The minimum Gasteiger partial charge on any atom is -0.481 e. The molecule has 0 saturated carbocycles. The van der Waals surface area contributed by atoms with E-state index >= 15 is 0 Å². The minimum absolute atomic E-state index is 0.170. The zero-order valence-corrected chi connectivity index (χ0v) is 12.4. The lowest BCUT2D eigenvalue weighted by molar-refractivity contribution is -0.137. The van der Waals surface area contributed by atoms with E-state index in [9.17, 15) is 13.2 Å². The minimum atomic E-state index is -3.37. The number of aliphatic carboxylic acids is 1. The molecular weight excluding hydrogens is 268 g/mol. The van der Waals surface area contributed by atoms with Gasteiger partial charge in [-0.1, -0.05) is 13.8 Å². The van der Waals surface area contributed by atoms with Crippen LogP contribution in [-0.2, 0) is 15.0 Å². The Morgan fingerprint density at radius 1 is 1.37 bits per heavy atom. The molecule has 0 unspecified atom stereocenters. The van der Waals surface area contributed by atoms with E-state index in [1.54, 1.807) is 0 Å². The van der Waals surface area contributed by atoms with Crippen LogP contribution in [0.3, 0.4) is 0 Å². The predicted octanol–water partition coefficient (Wildman–Crippen LogP) is 1.05. The Morgan fingerprint density at radius 3 is 2.42 bits per heavy atom. The molecule has 0 spiro atoms. The molecule has 1 fully saturated rings. The zero-order valence-electron chi connectivity index (χ0n) is 11.6. The second kappa shape index (κ2) is 7.21. The van der Waals surface area contributed by atoms with Crippen molar-refractivity contribution in [2.24, 2.45) is 11.8 Å². The molecule has 0 radical (unpaired) electrons. The van der Waals surface area contributed by atoms with Gasteiger partial charge in [0.1, 0.15) is 0 Å². The van der Waals surface area contributed by atoms with Crippen LogP contribution in [0.5, 0.6) is 0 Å². The Morgan fingerprint density at radius 2 is 1.95 bits per heavy atom. The van der Waals surface area contributed by atoms with Gasteiger partial charge in [0.2, 0.25) is 0 Å². The number of carboxylic acid groups (broad SMARTS) is 1. The van der Waals surface area contributed by atoms with Crippen LogP contribution in [0.4, 0.5) is 0 Å². The fourth-order valence-corrected chi connectivity index (χ4v) is 3.55. The molecule has 2 N–H and O–H groups in total. The molecule has 7 heteroatoms. The first-order valence-corrected chi connectivity index (χ1v) is 8.22. The molecule has 0 amide bonds. The van der Waals surface area contributed by atoms with Crippen molar-refractivity contribution >= 4 is 16.2 Å². The topological polar surface area (TPSA) is 86.7 Å². The SMILES string of the molecule is CC(C)CNS(=O)(=O)N1CCC(CCC(=O)O)CC1. The van der Waals surface area contributed by atoms with Crippen molar-refractivity contribution in [2.45, 2.75) is 39.5 Å². The highest BCUT2D eigenvalue weighted by Gasteiger charge is 2.27. The van der Waals surface area contributed by atoms with Crippen LogP contribution < -0.4 is 4.72 Å². The maximum atomic E-state index is 12.0. The first-order chi connectivity index (χ1) is 8.81. The van der Waals surface area contributed by atoms with Crippen molar-refractivity contribution in [3.8, 4) is 0 Å². The van der Waals surface area contributed by atoms with Crippen LogP contribution in [0.2, 0.25) is 0 Å². The third-order valence-corrected chi connectivity index (χ3v) is 4.93. The maximum Gasteiger partial charge on any atom is 0.303 e. The van der Waals surface area contributed by atoms with E-state index in [0.29, 0.717) is 32.0 Å². The molecule has 1 saturated heterocycles. The van der Waals surface area contributed by atoms with Crippen molar-refractivity contribution in [1.82, 2.24) is 9.03 Å². The number of nitrogens with zero attached hydrogens (tertiary/aromatic N) is 1. The summed E-state index contributed by atoms with van der Waals surface area (Å²) in [7, 11) is -3.37. The number of piperidine rings is 1. The first kappa shape index (κ1) is 16.4. The van der Waals surface area contributed by atoms with Gasteiger partial charge in [-0.25, -0.2) is 4.72 Å². The number of hydrogen-bond donors (Lipinski definition) is 2. The highest BCUT2D eigenvalue weighted by molar-refractivity contribution is 7.87. The van der Waals surface area contributed by atoms with Gasteiger partial charge in [-0.3, -0.25) is 4.79 Å². The number of carbonyl (C=O) groups is 1. The zero-order chi connectivity index (χ0) is 14.5. The van der Waals surface area contributed by atoms with Gasteiger partial charge in [-0.15, -0.1) is 0 Å². The normalized spacial score (nSPS) is 18.9. The highest BCUT2D eigenvalue weighted by atomic mass is 32.2. The van der Waals surface area contributed by atoms with Gasteiger partial charge in [0.05, 0.1) is 0 Å². The van der Waals surface area contributed by atoms with Crippen LogP contribution in [0.15, 0.2) is 0 Å². The molecule has 0 aromatic heterocycles. The van der Waals surface area contributed by atoms with Crippen molar-refractivity contribution in [1.29, 1.82) is 0 Å². The lowest BCUT2D eigenvalue weighted by atomic mass is 9.93. The summed E-state index contributed by atoms with van der Waals surface area (Å²) in [5.41, 5.74) is 0. The van der Waals surface area contributed by atoms with Crippen LogP contribution in [0.25, 0.3) is 0 Å². The molecule has 0 atom stereocenters. The molecule has 112 valence electrons. The van der Waals surface area contributed by atoms with Crippen LogP contribution in [-0.4, -0.2) is 43.4 Å². The van der Waals surface area contributed by atoms with E-state index in [-0.39, 0.29) is 12.3 Å². The fraction of sp³-hybridized carbons (Fsp3) is 0.917. The average molecular weight is 292 g/mol. The molecular formula is C12H24N2O4S. The number of nitrogens with one attached hydrogen (secondary N) is 1. The van der Waals surface area contributed by atoms with Gasteiger partial charge >= 0.3 is 5.97 Å². The summed E-state index contributed by atoms with van der Waals surface area (Å²) < 4.78 is 28.0. The number of carboxylic acids is 1. The van der Waals surface area contributed by atoms with Gasteiger partial charge in [-0.05, 0) is 31.1 Å². The van der Waals surface area contributed by atoms with Gasteiger partial charge in [0.15, 0.2) is 0 Å². The highest BCUT2D eigenvalue weighted by Crippen LogP contribution is 2.23. The molecule has 0 aromatic carbocycles. The van der Waals surface area contributed by atoms with Gasteiger partial charge in [0.25, 0.3) is 10.2 Å². The van der Waals surface area contributed by atoms with E-state index in [1.807, 2.05) is 13.8 Å². The third kappa shape index (κ3) is 5.88. The molecule has 1 heterocycles. The van der Waals surface area contributed by atoms with Crippen molar-refractivity contribution in [2.75, 3.05) is 19.6 Å². The van der Waals surface area contributed by atoms with E-state index in [2.05, 4.69) is 4.72 Å². The summed E-state index contributed by atoms with van der Waals surface area (Å²) in [5, 5.41) is 8.63. The maximum absolute atomic E-state index is 12.0. The molecule has 0 aliphatic carbocycles. The third-order valence-electron chi connectivity index (χ3n) is 3.35. The quantitative estimate of drug-likeness (QED) is 0.734. The summed E-state index contributed by atoms with van der Waals surface area (Å²) in [5.74, 6) is -0.177. The summed E-state index contributed by atoms with van der Waals surface area (Å²) in [6.45, 7) is 5.33. The van der Waals surface area contributed by atoms with E-state index in [1.165, 1.54) is 4.31 Å². The smallest absolute Gasteiger partial charge is 0.303 e. The standard InChI is InChI=1S/C12H24N2O4S/c1-10(2)9-13-19(17,18)14-7-5-11(6-8-14)3-4-12(15)16/h10-11,13H,3-9H2,1-2H3,(H,15,16). The Balaban J connectivity index is 2.38. The largest absolute Gasteiger partial charge is 0.481 e. The second-order valence-electron chi connectivity index (χ2n) is 5.52. The first-order valence-electron chi connectivity index (χ1n) is 6.78. The van der Waals surface area contributed by atoms with Crippen LogP contribution >= 0.6 is 0 Å². The number of hydrogen-bond acceptors (Lipinski definition) is 3.